The number of carbonyl (C=O) groups is 1. The maximum absolute atomic E-state index is 12.9. The lowest BCUT2D eigenvalue weighted by Crippen LogP contribution is -2.40. The van der Waals surface area contributed by atoms with Gasteiger partial charge < -0.3 is 5.32 Å². The predicted octanol–water partition coefficient (Wildman–Crippen LogP) is 4.79. The Morgan fingerprint density at radius 3 is 2.72 bits per heavy atom. The topological polar surface area (TPSA) is 42.0 Å². The van der Waals surface area contributed by atoms with Gasteiger partial charge in [-0.2, -0.15) is 0 Å². The van der Waals surface area contributed by atoms with Crippen LogP contribution >= 0.6 is 11.8 Å². The highest BCUT2D eigenvalue weighted by Gasteiger charge is 2.42. The van der Waals surface area contributed by atoms with E-state index in [9.17, 15) is 4.79 Å². The number of benzene rings is 1. The number of nitrogens with one attached hydrogen (secondary N) is 1. The summed E-state index contributed by atoms with van der Waals surface area (Å²) in [7, 11) is 0. The highest BCUT2D eigenvalue weighted by molar-refractivity contribution is 7.99. The molecule has 1 aromatic heterocycles. The van der Waals surface area contributed by atoms with E-state index >= 15 is 0 Å². The van der Waals surface area contributed by atoms with Gasteiger partial charge in [0.2, 0.25) is 0 Å². The van der Waals surface area contributed by atoms with Gasteiger partial charge in [-0.25, -0.2) is 4.98 Å². The van der Waals surface area contributed by atoms with Gasteiger partial charge in [0.05, 0.1) is 5.56 Å². The Morgan fingerprint density at radius 2 is 2.00 bits per heavy atom. The monoisotopic (exact) mass is 352 g/mol. The van der Waals surface area contributed by atoms with E-state index in [1.165, 1.54) is 25.7 Å². The fourth-order valence-corrected chi connectivity index (χ4v) is 5.44. The molecule has 1 amide bonds. The van der Waals surface area contributed by atoms with E-state index in [-0.39, 0.29) is 11.9 Å². The lowest BCUT2D eigenvalue weighted by atomic mass is 9.84. The van der Waals surface area contributed by atoms with Gasteiger partial charge in [0.1, 0.15) is 5.03 Å². The Bertz CT molecular complexity index is 749. The first-order chi connectivity index (χ1) is 12.2. The summed E-state index contributed by atoms with van der Waals surface area (Å²) in [5, 5.41) is 4.03. The molecule has 4 atom stereocenters. The maximum Gasteiger partial charge on any atom is 0.254 e. The third kappa shape index (κ3) is 3.59. The first-order valence-corrected chi connectivity index (χ1v) is 10.0. The minimum absolute atomic E-state index is 0.00167. The Kier molecular flexibility index (Phi) is 4.80. The largest absolute Gasteiger partial charge is 0.349 e. The minimum atomic E-state index is 0.00167. The SMILES string of the molecule is C[C@@H](NC(=O)c1cccnc1Sc1ccccc1)[C@@H]1C[C@H]2CC[C@H]1C2. The lowest BCUT2D eigenvalue weighted by molar-refractivity contribution is 0.0911. The molecule has 25 heavy (non-hydrogen) atoms. The quantitative estimate of drug-likeness (QED) is 0.841. The Morgan fingerprint density at radius 1 is 1.16 bits per heavy atom. The molecule has 2 aliphatic rings. The third-order valence-electron chi connectivity index (χ3n) is 5.77. The summed E-state index contributed by atoms with van der Waals surface area (Å²) in [5.41, 5.74) is 0.673. The lowest BCUT2D eigenvalue weighted by Gasteiger charge is -2.28. The van der Waals surface area contributed by atoms with E-state index < -0.39 is 0 Å². The minimum Gasteiger partial charge on any atom is -0.349 e. The average molecular weight is 353 g/mol. The van der Waals surface area contributed by atoms with Gasteiger partial charge >= 0.3 is 0 Å². The third-order valence-corrected chi connectivity index (χ3v) is 6.79. The Hall–Kier alpha value is -1.81. The van der Waals surface area contributed by atoms with Crippen molar-refractivity contribution in [1.29, 1.82) is 0 Å². The van der Waals surface area contributed by atoms with Crippen LogP contribution in [0.2, 0.25) is 0 Å². The molecule has 0 unspecified atom stereocenters. The summed E-state index contributed by atoms with van der Waals surface area (Å²) >= 11 is 1.54. The molecule has 2 aliphatic carbocycles. The second kappa shape index (κ2) is 7.20. The molecule has 1 aromatic carbocycles. The van der Waals surface area contributed by atoms with Crippen LogP contribution in [-0.2, 0) is 0 Å². The summed E-state index contributed by atoms with van der Waals surface area (Å²) in [6, 6.07) is 14.0. The van der Waals surface area contributed by atoms with Gasteiger partial charge in [0.25, 0.3) is 5.91 Å². The molecular weight excluding hydrogens is 328 g/mol. The number of hydrogen-bond donors (Lipinski definition) is 1. The van der Waals surface area contributed by atoms with Crippen LogP contribution < -0.4 is 5.32 Å². The first-order valence-electron chi connectivity index (χ1n) is 9.19. The zero-order valence-corrected chi connectivity index (χ0v) is 15.3. The molecule has 2 aromatic rings. The zero-order chi connectivity index (χ0) is 17.2. The van der Waals surface area contributed by atoms with E-state index in [1.54, 1.807) is 18.0 Å². The molecular formula is C21H24N2OS. The summed E-state index contributed by atoms with van der Waals surface area (Å²) in [6.07, 6.45) is 7.14. The van der Waals surface area contributed by atoms with Crippen LogP contribution in [0.1, 0.15) is 43.0 Å². The molecule has 0 radical (unpaired) electrons. The van der Waals surface area contributed by atoms with Crippen LogP contribution in [0.3, 0.4) is 0 Å². The molecule has 2 bridgehead atoms. The van der Waals surface area contributed by atoms with Crippen molar-refractivity contribution in [2.45, 2.75) is 48.6 Å². The number of amides is 1. The van der Waals surface area contributed by atoms with Gasteiger partial charge in [-0.3, -0.25) is 4.79 Å². The second-order valence-corrected chi connectivity index (χ2v) is 8.43. The normalized spacial score (nSPS) is 25.7. The maximum atomic E-state index is 12.9. The van der Waals surface area contributed by atoms with Crippen LogP contribution in [0.5, 0.6) is 0 Å². The van der Waals surface area contributed by atoms with Crippen LogP contribution in [0.4, 0.5) is 0 Å². The van der Waals surface area contributed by atoms with E-state index in [0.717, 1.165) is 21.8 Å². The fraction of sp³-hybridized carbons (Fsp3) is 0.429. The molecule has 3 nitrogen and oxygen atoms in total. The number of fused-ring (bicyclic) bond motifs is 2. The van der Waals surface area contributed by atoms with Crippen molar-refractivity contribution in [2.75, 3.05) is 0 Å². The molecule has 2 fully saturated rings. The summed E-state index contributed by atoms with van der Waals surface area (Å²) in [6.45, 7) is 2.17. The number of hydrogen-bond acceptors (Lipinski definition) is 3. The first kappa shape index (κ1) is 16.6. The number of carbonyl (C=O) groups excluding carboxylic acids is 1. The van der Waals surface area contributed by atoms with Crippen molar-refractivity contribution in [1.82, 2.24) is 10.3 Å². The summed E-state index contributed by atoms with van der Waals surface area (Å²) < 4.78 is 0. The zero-order valence-electron chi connectivity index (χ0n) is 14.5. The smallest absolute Gasteiger partial charge is 0.254 e. The van der Waals surface area contributed by atoms with Gasteiger partial charge in [-0.15, -0.1) is 0 Å². The standard InChI is InChI=1S/C21H24N2OS/c1-14(19-13-15-9-10-16(19)12-15)23-20(24)18-8-5-11-22-21(18)25-17-6-3-2-4-7-17/h2-8,11,14-16,19H,9-10,12-13H2,1H3,(H,23,24)/t14-,15+,16+,19+/m1/s1. The highest BCUT2D eigenvalue weighted by atomic mass is 32.2. The van der Waals surface area contributed by atoms with Crippen molar-refractivity contribution in [2.24, 2.45) is 17.8 Å². The van der Waals surface area contributed by atoms with E-state index in [0.29, 0.717) is 11.5 Å². The van der Waals surface area contributed by atoms with E-state index in [2.05, 4.69) is 17.2 Å². The predicted molar refractivity (Wildman–Crippen MR) is 101 cm³/mol. The van der Waals surface area contributed by atoms with Crippen molar-refractivity contribution in [3.05, 3.63) is 54.2 Å². The molecule has 4 rings (SSSR count). The molecule has 0 aliphatic heterocycles. The van der Waals surface area contributed by atoms with Gasteiger partial charge in [0, 0.05) is 17.1 Å². The van der Waals surface area contributed by atoms with Gasteiger partial charge in [0.15, 0.2) is 0 Å². The van der Waals surface area contributed by atoms with Crippen molar-refractivity contribution in [3.63, 3.8) is 0 Å². The number of nitrogens with zero attached hydrogens (tertiary/aromatic N) is 1. The second-order valence-electron chi connectivity index (χ2n) is 7.37. The van der Waals surface area contributed by atoms with Crippen LogP contribution in [0.25, 0.3) is 0 Å². The molecule has 130 valence electrons. The van der Waals surface area contributed by atoms with Crippen molar-refractivity contribution >= 4 is 17.7 Å². The van der Waals surface area contributed by atoms with Crippen LogP contribution in [-0.4, -0.2) is 16.9 Å². The van der Waals surface area contributed by atoms with E-state index in [1.807, 2.05) is 42.5 Å². The van der Waals surface area contributed by atoms with E-state index in [4.69, 9.17) is 0 Å². The van der Waals surface area contributed by atoms with Crippen LogP contribution in [0.15, 0.2) is 58.6 Å². The molecule has 4 heteroatoms. The fourth-order valence-electron chi connectivity index (χ4n) is 4.54. The molecule has 1 heterocycles. The summed E-state index contributed by atoms with van der Waals surface area (Å²) in [5.74, 6) is 2.36. The Labute approximate surface area is 153 Å². The van der Waals surface area contributed by atoms with Crippen molar-refractivity contribution < 1.29 is 4.79 Å². The van der Waals surface area contributed by atoms with Gasteiger partial charge in [-0.05, 0) is 68.2 Å². The average Bonchev–Trinajstić information content (AvgIpc) is 3.26. The van der Waals surface area contributed by atoms with Crippen molar-refractivity contribution in [3.8, 4) is 0 Å². The van der Waals surface area contributed by atoms with Gasteiger partial charge in [-0.1, -0.05) is 36.4 Å². The van der Waals surface area contributed by atoms with Crippen LogP contribution in [0, 0.1) is 17.8 Å². The molecule has 1 N–H and O–H groups in total. The Balaban J connectivity index is 1.47. The number of rotatable bonds is 5. The highest BCUT2D eigenvalue weighted by Crippen LogP contribution is 2.49. The molecule has 0 saturated heterocycles. The molecule has 0 spiro atoms. The number of aromatic nitrogens is 1. The number of pyridine rings is 1. The summed E-state index contributed by atoms with van der Waals surface area (Å²) in [4.78, 5) is 18.4. The molecule has 2 saturated carbocycles.